The van der Waals surface area contributed by atoms with Crippen LogP contribution in [0.25, 0.3) is 0 Å². The standard InChI is InChI=1S/C7H12N6O2/c1-15-5-6(10-2-4(8)14)11-3-12-7(5)13-9/h3H,2,9H2,1H3,(H2,8,14)(H2,10,11,12,13). The van der Waals surface area contributed by atoms with Crippen molar-refractivity contribution in [3.8, 4) is 5.75 Å². The van der Waals surface area contributed by atoms with Crippen molar-refractivity contribution in [2.24, 2.45) is 11.6 Å². The van der Waals surface area contributed by atoms with E-state index < -0.39 is 5.91 Å². The number of anilines is 2. The van der Waals surface area contributed by atoms with Crippen LogP contribution in [-0.2, 0) is 4.79 Å². The van der Waals surface area contributed by atoms with E-state index in [0.717, 1.165) is 0 Å². The molecule has 0 aliphatic heterocycles. The highest BCUT2D eigenvalue weighted by molar-refractivity contribution is 5.79. The predicted molar refractivity (Wildman–Crippen MR) is 54.1 cm³/mol. The molecule has 0 radical (unpaired) electrons. The molecule has 15 heavy (non-hydrogen) atoms. The summed E-state index contributed by atoms with van der Waals surface area (Å²) < 4.78 is 5.02. The number of primary amides is 1. The van der Waals surface area contributed by atoms with E-state index in [1.165, 1.54) is 13.4 Å². The lowest BCUT2D eigenvalue weighted by Crippen LogP contribution is -2.23. The second-order valence-electron chi connectivity index (χ2n) is 2.57. The van der Waals surface area contributed by atoms with Crippen molar-refractivity contribution in [1.82, 2.24) is 9.97 Å². The van der Waals surface area contributed by atoms with Gasteiger partial charge in [0.05, 0.1) is 13.7 Å². The molecule has 1 aromatic heterocycles. The minimum atomic E-state index is -0.502. The van der Waals surface area contributed by atoms with E-state index in [0.29, 0.717) is 17.4 Å². The Bertz CT molecular complexity index is 355. The number of ether oxygens (including phenoxy) is 1. The summed E-state index contributed by atoms with van der Waals surface area (Å²) in [5.74, 6) is 5.70. The van der Waals surface area contributed by atoms with Gasteiger partial charge in [-0.15, -0.1) is 0 Å². The molecule has 0 aromatic carbocycles. The number of methoxy groups -OCH3 is 1. The van der Waals surface area contributed by atoms with Gasteiger partial charge in [-0.2, -0.15) is 0 Å². The number of hydrogen-bond donors (Lipinski definition) is 4. The van der Waals surface area contributed by atoms with Gasteiger partial charge in [0.2, 0.25) is 11.7 Å². The molecule has 1 heterocycles. The molecule has 8 nitrogen and oxygen atoms in total. The van der Waals surface area contributed by atoms with Gasteiger partial charge in [0.15, 0.2) is 11.6 Å². The second kappa shape index (κ2) is 4.96. The maximum Gasteiger partial charge on any atom is 0.236 e. The average molecular weight is 212 g/mol. The Hall–Kier alpha value is -2.09. The predicted octanol–water partition coefficient (Wildman–Crippen LogP) is -1.33. The van der Waals surface area contributed by atoms with Gasteiger partial charge in [-0.3, -0.25) is 4.79 Å². The Morgan fingerprint density at radius 2 is 2.20 bits per heavy atom. The largest absolute Gasteiger partial charge is 0.490 e. The van der Waals surface area contributed by atoms with Crippen LogP contribution in [0.15, 0.2) is 6.33 Å². The maximum absolute atomic E-state index is 10.6. The van der Waals surface area contributed by atoms with Gasteiger partial charge < -0.3 is 21.2 Å². The number of carbonyl (C=O) groups excluding carboxylic acids is 1. The molecule has 0 aliphatic carbocycles. The zero-order valence-electron chi connectivity index (χ0n) is 8.15. The van der Waals surface area contributed by atoms with Crippen LogP contribution >= 0.6 is 0 Å². The van der Waals surface area contributed by atoms with Gasteiger partial charge in [-0.25, -0.2) is 15.8 Å². The van der Waals surface area contributed by atoms with Crippen LogP contribution in [-0.4, -0.2) is 29.5 Å². The lowest BCUT2D eigenvalue weighted by atomic mass is 10.4. The molecular weight excluding hydrogens is 200 g/mol. The average Bonchev–Trinajstić information content (AvgIpc) is 2.25. The van der Waals surface area contributed by atoms with Crippen LogP contribution in [0.1, 0.15) is 0 Å². The molecule has 0 saturated heterocycles. The first-order valence-electron chi connectivity index (χ1n) is 4.06. The van der Waals surface area contributed by atoms with E-state index in [4.69, 9.17) is 16.3 Å². The lowest BCUT2D eigenvalue weighted by Gasteiger charge is -2.11. The molecule has 1 amide bonds. The summed E-state index contributed by atoms with van der Waals surface area (Å²) in [7, 11) is 1.44. The molecule has 0 aliphatic rings. The summed E-state index contributed by atoms with van der Waals surface area (Å²) >= 11 is 0. The van der Waals surface area contributed by atoms with Crippen LogP contribution in [0, 0.1) is 0 Å². The summed E-state index contributed by atoms with van der Waals surface area (Å²) in [6.45, 7) is -0.0443. The number of hydrogen-bond acceptors (Lipinski definition) is 7. The van der Waals surface area contributed by atoms with Crippen molar-refractivity contribution in [3.05, 3.63) is 6.33 Å². The van der Waals surface area contributed by atoms with Gasteiger partial charge in [0.25, 0.3) is 0 Å². The summed E-state index contributed by atoms with van der Waals surface area (Å²) in [6.07, 6.45) is 1.28. The van der Waals surface area contributed by atoms with Gasteiger partial charge in [0.1, 0.15) is 6.33 Å². The molecule has 0 unspecified atom stereocenters. The van der Waals surface area contributed by atoms with E-state index in [1.54, 1.807) is 0 Å². The topological polar surface area (TPSA) is 128 Å². The molecule has 82 valence electrons. The van der Waals surface area contributed by atoms with Crippen LogP contribution in [0.4, 0.5) is 11.6 Å². The quantitative estimate of drug-likeness (QED) is 0.351. The number of amides is 1. The van der Waals surface area contributed by atoms with Crippen molar-refractivity contribution in [2.75, 3.05) is 24.4 Å². The van der Waals surface area contributed by atoms with Gasteiger partial charge in [-0.1, -0.05) is 0 Å². The van der Waals surface area contributed by atoms with Gasteiger partial charge in [-0.05, 0) is 0 Å². The van der Waals surface area contributed by atoms with Crippen molar-refractivity contribution >= 4 is 17.5 Å². The van der Waals surface area contributed by atoms with Gasteiger partial charge >= 0.3 is 0 Å². The molecule has 6 N–H and O–H groups in total. The SMILES string of the molecule is COc1c(NN)ncnc1NCC(N)=O. The summed E-state index contributed by atoms with van der Waals surface area (Å²) in [5.41, 5.74) is 7.32. The molecular formula is C7H12N6O2. The zero-order valence-corrected chi connectivity index (χ0v) is 8.15. The second-order valence-corrected chi connectivity index (χ2v) is 2.57. The number of nitrogens with one attached hydrogen (secondary N) is 2. The molecule has 0 atom stereocenters. The van der Waals surface area contributed by atoms with E-state index in [-0.39, 0.29) is 6.54 Å². The van der Waals surface area contributed by atoms with Gasteiger partial charge in [0, 0.05) is 0 Å². The lowest BCUT2D eigenvalue weighted by molar-refractivity contribution is -0.116. The third-order valence-electron chi connectivity index (χ3n) is 1.57. The highest BCUT2D eigenvalue weighted by atomic mass is 16.5. The number of aromatic nitrogens is 2. The van der Waals surface area contributed by atoms with Crippen molar-refractivity contribution < 1.29 is 9.53 Å². The smallest absolute Gasteiger partial charge is 0.236 e. The third kappa shape index (κ3) is 2.68. The fourth-order valence-electron chi connectivity index (χ4n) is 0.967. The van der Waals surface area contributed by atoms with E-state index in [1.807, 2.05) is 0 Å². The highest BCUT2D eigenvalue weighted by Crippen LogP contribution is 2.27. The van der Waals surface area contributed by atoms with E-state index in [2.05, 4.69) is 20.7 Å². The summed E-state index contributed by atoms with van der Waals surface area (Å²) in [6, 6.07) is 0. The first-order chi connectivity index (χ1) is 7.19. The van der Waals surface area contributed by atoms with Crippen LogP contribution < -0.4 is 27.1 Å². The monoisotopic (exact) mass is 212 g/mol. The summed E-state index contributed by atoms with van der Waals surface area (Å²) in [4.78, 5) is 18.3. The minimum Gasteiger partial charge on any atom is -0.490 e. The van der Waals surface area contributed by atoms with E-state index >= 15 is 0 Å². The highest BCUT2D eigenvalue weighted by Gasteiger charge is 2.10. The Kier molecular flexibility index (Phi) is 3.63. The fourth-order valence-corrected chi connectivity index (χ4v) is 0.967. The zero-order chi connectivity index (χ0) is 11.3. The Balaban J connectivity index is 2.90. The number of nitrogens with two attached hydrogens (primary N) is 2. The number of nitrogens with zero attached hydrogens (tertiary/aromatic N) is 2. The molecule has 1 rings (SSSR count). The van der Waals surface area contributed by atoms with Crippen molar-refractivity contribution in [2.45, 2.75) is 0 Å². The van der Waals surface area contributed by atoms with Crippen molar-refractivity contribution in [3.63, 3.8) is 0 Å². The Morgan fingerprint density at radius 1 is 1.53 bits per heavy atom. The van der Waals surface area contributed by atoms with Crippen LogP contribution in [0.2, 0.25) is 0 Å². The number of carbonyl (C=O) groups is 1. The van der Waals surface area contributed by atoms with Crippen LogP contribution in [0.5, 0.6) is 5.75 Å². The van der Waals surface area contributed by atoms with Crippen LogP contribution in [0.3, 0.4) is 0 Å². The summed E-state index contributed by atoms with van der Waals surface area (Å²) in [5, 5.41) is 2.69. The Labute approximate surface area is 86.0 Å². The van der Waals surface area contributed by atoms with E-state index in [9.17, 15) is 4.79 Å². The number of nitrogen functional groups attached to an aromatic ring is 1. The number of hydrazine groups is 1. The first-order valence-corrected chi connectivity index (χ1v) is 4.06. The maximum atomic E-state index is 10.6. The van der Waals surface area contributed by atoms with Crippen molar-refractivity contribution in [1.29, 1.82) is 0 Å². The molecule has 0 saturated carbocycles. The fraction of sp³-hybridized carbons (Fsp3) is 0.286. The third-order valence-corrected chi connectivity index (χ3v) is 1.57. The molecule has 0 bridgehead atoms. The Morgan fingerprint density at radius 3 is 2.73 bits per heavy atom. The minimum absolute atomic E-state index is 0.0443. The molecule has 1 aromatic rings. The normalized spacial score (nSPS) is 9.47. The molecule has 8 heteroatoms. The molecule has 0 spiro atoms. The number of rotatable bonds is 5. The molecule has 0 fully saturated rings. The first kappa shape index (κ1) is 11.0.